The van der Waals surface area contributed by atoms with Crippen molar-refractivity contribution in [2.24, 2.45) is 5.41 Å². The summed E-state index contributed by atoms with van der Waals surface area (Å²) in [6, 6.07) is 0. The average Bonchev–Trinajstić information content (AvgIpc) is 1.50. The van der Waals surface area contributed by atoms with Gasteiger partial charge in [-0.2, -0.15) is 0 Å². The molecule has 0 radical (unpaired) electrons. The van der Waals surface area contributed by atoms with Crippen molar-refractivity contribution in [1.82, 2.24) is 0 Å². The maximum absolute atomic E-state index is 3.30. The highest BCUT2D eigenvalue weighted by Crippen LogP contribution is 3.08. The van der Waals surface area contributed by atoms with Crippen LogP contribution >= 0.6 is 8.29 Å². The summed E-state index contributed by atoms with van der Waals surface area (Å²) in [5.41, 5.74) is 2.71. The summed E-state index contributed by atoms with van der Waals surface area (Å²) in [5, 5.41) is 0. The van der Waals surface area contributed by atoms with Crippen LogP contribution in [0, 0.1) is 5.41 Å². The van der Waals surface area contributed by atoms with Crippen LogP contribution in [0.15, 0.2) is 10.5 Å². The Hall–Kier alpha value is 0.0900. The van der Waals surface area contributed by atoms with Crippen molar-refractivity contribution in [3.63, 3.8) is 0 Å². The van der Waals surface area contributed by atoms with E-state index < -0.39 is 8.29 Å². The molecule has 0 N–H and O–H groups in total. The van der Waals surface area contributed by atoms with E-state index in [9.17, 15) is 0 Å². The molecular formula is C84H170S. The summed E-state index contributed by atoms with van der Waals surface area (Å²) >= 11 is 0. The molecule has 1 aliphatic rings. The highest BCUT2D eigenvalue weighted by atomic mass is 32.4. The van der Waals surface area contributed by atoms with Gasteiger partial charge >= 0.3 is 0 Å². The number of hydrogen-bond donors (Lipinski definition) is 0. The van der Waals surface area contributed by atoms with Gasteiger partial charge in [-0.3, -0.25) is 8.29 Å². The fourth-order valence-electron chi connectivity index (χ4n) is 19.0. The van der Waals surface area contributed by atoms with Gasteiger partial charge in [0.25, 0.3) is 0 Å². The fourth-order valence-corrected chi connectivity index (χ4v) is 32.9. The molecule has 0 bridgehead atoms. The van der Waals surface area contributed by atoms with Crippen molar-refractivity contribution in [3.05, 3.63) is 10.5 Å². The van der Waals surface area contributed by atoms with Crippen LogP contribution in [-0.2, 0) is 0 Å². The van der Waals surface area contributed by atoms with Crippen molar-refractivity contribution < 1.29 is 0 Å². The molecule has 0 aromatic carbocycles. The van der Waals surface area contributed by atoms with Gasteiger partial charge in [0.1, 0.15) is 0 Å². The summed E-state index contributed by atoms with van der Waals surface area (Å²) < 4.78 is 0.449. The van der Waals surface area contributed by atoms with Crippen LogP contribution in [0.25, 0.3) is 0 Å². The number of unbranched alkanes of at least 4 members (excludes halogenated alkanes) is 50. The Morgan fingerprint density at radius 1 is 0.188 bits per heavy atom. The molecule has 1 heteroatoms. The number of rotatable bonds is 70. The molecule has 0 amide bonds. The van der Waals surface area contributed by atoms with Crippen LogP contribution in [0.1, 0.15) is 493 Å². The molecule has 1 aliphatic heterocycles. The third-order valence-corrected chi connectivity index (χ3v) is 35.5. The molecule has 0 nitrogen and oxygen atoms in total. The second kappa shape index (κ2) is 54.6. The van der Waals surface area contributed by atoms with Gasteiger partial charge in [-0.15, -0.1) is 0 Å². The molecule has 512 valence electrons. The molecule has 0 aliphatic carbocycles. The Labute approximate surface area is 541 Å². The van der Waals surface area contributed by atoms with Crippen molar-refractivity contribution >= 4 is 8.29 Å². The lowest BCUT2D eigenvalue weighted by molar-refractivity contribution is 0.161. The standard InChI is InChI=1S/C84H170S/c1-11-21-31-41-51-61-71-81-82(72-62-52-42-32-22-12-2)85(77-67-57-47-37-27-17-7,78-68-58-48-38-28-18-8,79-69-59-49-39-29-19-9,80-70-60-50-40-30-20-10)84(75-65-55-45-35-25-15-5,76-66-56-46-36-26-16-6)83(81,73-63-53-43-33-23-13-3)74-64-54-44-34-24-14-4/h11-80H2,1-10H3. The van der Waals surface area contributed by atoms with Crippen molar-refractivity contribution in [2.75, 3.05) is 23.0 Å². The normalized spacial score (nSPS) is 16.7. The molecule has 1 rings (SSSR count). The van der Waals surface area contributed by atoms with E-state index in [1.165, 1.54) is 360 Å². The molecule has 0 spiro atoms. The van der Waals surface area contributed by atoms with E-state index >= 15 is 0 Å². The third-order valence-electron chi connectivity index (χ3n) is 23.8. The lowest BCUT2D eigenvalue weighted by atomic mass is 9.59. The van der Waals surface area contributed by atoms with Crippen LogP contribution in [-0.4, -0.2) is 27.8 Å². The Morgan fingerprint density at radius 3 is 0.624 bits per heavy atom. The first-order valence-electron chi connectivity index (χ1n) is 41.5. The van der Waals surface area contributed by atoms with E-state index in [0.717, 1.165) is 0 Å². The first kappa shape index (κ1) is 83.1. The van der Waals surface area contributed by atoms with Gasteiger partial charge in [0.05, 0.1) is 0 Å². The zero-order valence-electron chi connectivity index (χ0n) is 61.9. The summed E-state index contributed by atoms with van der Waals surface area (Å²) in [7, 11) is -3.30. The van der Waals surface area contributed by atoms with Crippen LogP contribution in [0.5, 0.6) is 0 Å². The first-order chi connectivity index (χ1) is 41.8. The zero-order chi connectivity index (χ0) is 62.1. The second-order valence-corrected chi connectivity index (χ2v) is 38.3. The van der Waals surface area contributed by atoms with Gasteiger partial charge in [-0.1, -0.05) is 422 Å². The molecule has 0 saturated carbocycles. The van der Waals surface area contributed by atoms with Crippen molar-refractivity contribution in [1.29, 1.82) is 0 Å². The van der Waals surface area contributed by atoms with E-state index in [0.29, 0.717) is 10.2 Å². The fraction of sp³-hybridized carbons (Fsp3) is 0.976. The molecule has 0 unspecified atom stereocenters. The van der Waals surface area contributed by atoms with Crippen LogP contribution in [0.3, 0.4) is 0 Å². The van der Waals surface area contributed by atoms with Gasteiger partial charge in [-0.05, 0) is 105 Å². The minimum absolute atomic E-state index is 0.382. The predicted octanol–water partition coefficient (Wildman–Crippen LogP) is 31.8. The molecule has 0 atom stereocenters. The Balaban J connectivity index is 5.34. The third kappa shape index (κ3) is 28.9. The van der Waals surface area contributed by atoms with Gasteiger partial charge in [-0.25, -0.2) is 0 Å². The second-order valence-electron chi connectivity index (χ2n) is 30.5. The summed E-state index contributed by atoms with van der Waals surface area (Å²) in [6.07, 6.45) is 97.7. The monoisotopic (exact) mass is 1210 g/mol. The smallest absolute Gasteiger partial charge is 0.00456 e. The molecule has 0 saturated heterocycles. The van der Waals surface area contributed by atoms with E-state index in [1.807, 2.05) is 0 Å². The van der Waals surface area contributed by atoms with Gasteiger partial charge in [0.15, 0.2) is 0 Å². The zero-order valence-corrected chi connectivity index (χ0v) is 62.7. The number of allylic oxidation sites excluding steroid dienone is 2. The van der Waals surface area contributed by atoms with Gasteiger partial charge < -0.3 is 0 Å². The summed E-state index contributed by atoms with van der Waals surface area (Å²) in [6.45, 7) is 24.7. The Morgan fingerprint density at radius 2 is 0.376 bits per heavy atom. The van der Waals surface area contributed by atoms with E-state index in [1.54, 1.807) is 87.2 Å². The van der Waals surface area contributed by atoms with E-state index in [4.69, 9.17) is 0 Å². The molecule has 0 fully saturated rings. The SMILES string of the molecule is CCCCCCCCC1=C(CCCCCCCC)S(CCCCCCCC)(CCCCCCCC)(CCCCCCCC)(CCCCCCCC)C(CCCCCCCC)(CCCCCCCC)C1(CCCCCCCC)CCCCCCCC. The maximum Gasteiger partial charge on any atom is 0.00456 e. The lowest BCUT2D eigenvalue weighted by Gasteiger charge is -2.90. The maximum atomic E-state index is 2.47. The highest BCUT2D eigenvalue weighted by Gasteiger charge is 2.81. The van der Waals surface area contributed by atoms with Crippen LogP contribution < -0.4 is 0 Å². The Kier molecular flexibility index (Phi) is 53.4. The van der Waals surface area contributed by atoms with Crippen molar-refractivity contribution in [2.45, 2.75) is 498 Å². The van der Waals surface area contributed by atoms with Gasteiger partial charge in [0.2, 0.25) is 0 Å². The highest BCUT2D eigenvalue weighted by molar-refractivity contribution is 8.68. The topological polar surface area (TPSA) is 0 Å². The summed E-state index contributed by atoms with van der Waals surface area (Å²) in [5.74, 6) is 6.76. The molecule has 0 aromatic rings. The minimum atomic E-state index is -3.30. The molecular weight excluding hydrogens is 1040 g/mol. The average molecular weight is 1210 g/mol. The molecule has 0 aromatic heterocycles. The molecule has 85 heavy (non-hydrogen) atoms. The van der Waals surface area contributed by atoms with E-state index in [-0.39, 0.29) is 0 Å². The summed E-state index contributed by atoms with van der Waals surface area (Å²) in [4.78, 5) is 2.45. The van der Waals surface area contributed by atoms with Crippen LogP contribution in [0.4, 0.5) is 0 Å². The molecule has 1 heterocycles. The first-order valence-corrected chi connectivity index (χ1v) is 44.6. The quantitative estimate of drug-likeness (QED) is 0.0533. The largest absolute Gasteiger partial charge is 0.251 e. The number of hydrogen-bond acceptors (Lipinski definition) is 0. The predicted molar refractivity (Wildman–Crippen MR) is 401 cm³/mol. The lowest BCUT2D eigenvalue weighted by Crippen LogP contribution is -2.67. The van der Waals surface area contributed by atoms with Crippen molar-refractivity contribution in [3.8, 4) is 0 Å². The van der Waals surface area contributed by atoms with E-state index in [2.05, 4.69) is 79.7 Å². The van der Waals surface area contributed by atoms with Gasteiger partial charge in [0, 0.05) is 10.2 Å². The minimum Gasteiger partial charge on any atom is -0.251 e. The Bertz CT molecular complexity index is 1340. The van der Waals surface area contributed by atoms with Crippen LogP contribution in [0.2, 0.25) is 0 Å².